The molecular weight excluding hydrogens is 320 g/mol. The lowest BCUT2D eigenvalue weighted by molar-refractivity contribution is -0.145. The zero-order chi connectivity index (χ0) is 18.5. The Hall–Kier alpha value is -2.82. The molecule has 0 amide bonds. The number of carbonyl (C=O) groups is 2. The summed E-state index contributed by atoms with van der Waals surface area (Å²) in [5, 5.41) is 8.97. The number of Topliss-reactive ketones (excluding diaryl/α,β-unsaturated/α-hetero) is 1. The highest BCUT2D eigenvalue weighted by Gasteiger charge is 2.01. The van der Waals surface area contributed by atoms with Crippen molar-refractivity contribution in [3.63, 3.8) is 0 Å². The Balaban J connectivity index is 0.000000251. The Bertz CT molecular complexity index is 635. The molecule has 0 unspecified atom stereocenters. The molecule has 0 saturated heterocycles. The van der Waals surface area contributed by atoms with Crippen molar-refractivity contribution in [1.82, 2.24) is 0 Å². The molecule has 25 heavy (non-hydrogen) atoms. The van der Waals surface area contributed by atoms with E-state index in [-0.39, 0.29) is 24.1 Å². The van der Waals surface area contributed by atoms with Gasteiger partial charge in [-0.25, -0.2) is 4.79 Å². The van der Waals surface area contributed by atoms with Gasteiger partial charge in [0.2, 0.25) is 0 Å². The highest BCUT2D eigenvalue weighted by molar-refractivity contribution is 5.75. The molecule has 0 spiro atoms. The predicted molar refractivity (Wildman–Crippen MR) is 95.7 cm³/mol. The normalized spacial score (nSPS) is 9.52. The molecule has 0 aliphatic rings. The summed E-state index contributed by atoms with van der Waals surface area (Å²) in [5.74, 6) is 0.798. The molecule has 0 aliphatic heterocycles. The maximum absolute atomic E-state index is 10.9. The van der Waals surface area contributed by atoms with Crippen LogP contribution in [0.1, 0.15) is 25.8 Å². The van der Waals surface area contributed by atoms with Gasteiger partial charge in [-0.15, -0.1) is 0 Å². The lowest BCUT2D eigenvalue weighted by Gasteiger charge is -2.04. The minimum Gasteiger partial charge on any atom is -0.508 e. The van der Waals surface area contributed by atoms with Crippen LogP contribution < -0.4 is 4.74 Å². The maximum Gasteiger partial charge on any atom is 0.344 e. The summed E-state index contributed by atoms with van der Waals surface area (Å²) >= 11 is 0. The molecule has 0 atom stereocenters. The third-order valence-electron chi connectivity index (χ3n) is 3.11. The van der Waals surface area contributed by atoms with Crippen LogP contribution in [-0.4, -0.2) is 30.1 Å². The van der Waals surface area contributed by atoms with Crippen molar-refractivity contribution in [2.75, 3.05) is 13.2 Å². The molecule has 134 valence electrons. The third kappa shape index (κ3) is 9.81. The van der Waals surface area contributed by atoms with Gasteiger partial charge in [0.1, 0.15) is 17.3 Å². The number of hydrogen-bond donors (Lipinski definition) is 1. The highest BCUT2D eigenvalue weighted by atomic mass is 16.6. The molecule has 0 saturated carbocycles. The number of esters is 1. The van der Waals surface area contributed by atoms with Crippen LogP contribution >= 0.6 is 0 Å². The van der Waals surface area contributed by atoms with Crippen molar-refractivity contribution in [3.8, 4) is 11.5 Å². The number of benzene rings is 2. The number of ketones is 1. The number of ether oxygens (including phenoxy) is 2. The van der Waals surface area contributed by atoms with Crippen molar-refractivity contribution in [1.29, 1.82) is 0 Å². The molecule has 0 fully saturated rings. The van der Waals surface area contributed by atoms with E-state index in [1.807, 2.05) is 30.3 Å². The van der Waals surface area contributed by atoms with Crippen LogP contribution in [0.3, 0.4) is 0 Å². The smallest absolute Gasteiger partial charge is 0.344 e. The molecule has 2 aromatic rings. The van der Waals surface area contributed by atoms with Crippen molar-refractivity contribution in [2.24, 2.45) is 0 Å². The van der Waals surface area contributed by atoms with Crippen LogP contribution in [-0.2, 0) is 20.7 Å². The number of hydrogen-bond acceptors (Lipinski definition) is 5. The van der Waals surface area contributed by atoms with Gasteiger partial charge >= 0.3 is 5.97 Å². The maximum atomic E-state index is 10.9. The molecule has 2 rings (SSSR count). The monoisotopic (exact) mass is 344 g/mol. The van der Waals surface area contributed by atoms with Crippen LogP contribution in [0.15, 0.2) is 54.6 Å². The molecule has 2 aromatic carbocycles. The van der Waals surface area contributed by atoms with Gasteiger partial charge in [0, 0.05) is 6.42 Å². The molecule has 5 heteroatoms. The zero-order valence-corrected chi connectivity index (χ0v) is 14.6. The molecule has 0 heterocycles. The van der Waals surface area contributed by atoms with Crippen LogP contribution in [0.4, 0.5) is 0 Å². The van der Waals surface area contributed by atoms with Crippen molar-refractivity contribution in [3.05, 3.63) is 60.2 Å². The summed E-state index contributed by atoms with van der Waals surface area (Å²) < 4.78 is 9.85. The van der Waals surface area contributed by atoms with E-state index in [9.17, 15) is 9.59 Å². The highest BCUT2D eigenvalue weighted by Crippen LogP contribution is 2.11. The van der Waals surface area contributed by atoms with Gasteiger partial charge in [0.05, 0.1) is 6.61 Å². The number of para-hydroxylation sites is 1. The largest absolute Gasteiger partial charge is 0.508 e. The lowest BCUT2D eigenvalue weighted by Crippen LogP contribution is -2.14. The van der Waals surface area contributed by atoms with E-state index in [2.05, 4.69) is 0 Å². The van der Waals surface area contributed by atoms with E-state index in [0.717, 1.165) is 12.0 Å². The lowest BCUT2D eigenvalue weighted by atomic mass is 10.1. The quantitative estimate of drug-likeness (QED) is 0.778. The van der Waals surface area contributed by atoms with Crippen LogP contribution in [0.25, 0.3) is 0 Å². The summed E-state index contributed by atoms with van der Waals surface area (Å²) in [6.07, 6.45) is 1.33. The van der Waals surface area contributed by atoms with E-state index in [1.54, 1.807) is 38.1 Å². The fourth-order valence-electron chi connectivity index (χ4n) is 1.84. The van der Waals surface area contributed by atoms with Gasteiger partial charge in [-0.2, -0.15) is 0 Å². The SMILES string of the molecule is CC(=O)CCc1ccc(O)cc1.CCOC(=O)COc1ccccc1. The van der Waals surface area contributed by atoms with E-state index < -0.39 is 0 Å². The fourth-order valence-corrected chi connectivity index (χ4v) is 1.84. The minimum absolute atomic E-state index is 0.0299. The Morgan fingerprint density at radius 1 is 1.00 bits per heavy atom. The van der Waals surface area contributed by atoms with E-state index in [1.165, 1.54) is 0 Å². The number of phenolic OH excluding ortho intramolecular Hbond substituents is 1. The summed E-state index contributed by atoms with van der Waals surface area (Å²) in [4.78, 5) is 21.5. The minimum atomic E-state index is -0.341. The van der Waals surface area contributed by atoms with Crippen molar-refractivity contribution in [2.45, 2.75) is 26.7 Å². The first-order valence-electron chi connectivity index (χ1n) is 8.12. The standard InChI is InChI=1S/C10H12O3.C10H12O2/c1-2-12-10(11)8-13-9-6-4-3-5-7-9;1-8(11)2-3-9-4-6-10(12)7-5-9/h3-7H,2,8H2,1H3;4-7,12H,2-3H2,1H3. The molecule has 0 radical (unpaired) electrons. The van der Waals surface area contributed by atoms with Gasteiger partial charge in [-0.3, -0.25) is 0 Å². The first-order chi connectivity index (χ1) is 12.0. The van der Waals surface area contributed by atoms with Crippen molar-refractivity contribution < 1.29 is 24.2 Å². The Morgan fingerprint density at radius 3 is 2.20 bits per heavy atom. The number of carbonyl (C=O) groups excluding carboxylic acids is 2. The van der Waals surface area contributed by atoms with E-state index in [0.29, 0.717) is 18.8 Å². The summed E-state index contributed by atoms with van der Waals surface area (Å²) in [6, 6.07) is 16.1. The average molecular weight is 344 g/mol. The second-order valence-electron chi connectivity index (χ2n) is 5.28. The van der Waals surface area contributed by atoms with Crippen LogP contribution in [0, 0.1) is 0 Å². The van der Waals surface area contributed by atoms with Crippen molar-refractivity contribution >= 4 is 11.8 Å². The van der Waals surface area contributed by atoms with Gasteiger partial charge in [0.25, 0.3) is 0 Å². The molecule has 1 N–H and O–H groups in total. The first-order valence-corrected chi connectivity index (χ1v) is 8.12. The van der Waals surface area contributed by atoms with Gasteiger partial charge < -0.3 is 19.4 Å². The summed E-state index contributed by atoms with van der Waals surface area (Å²) in [7, 11) is 0. The zero-order valence-electron chi connectivity index (χ0n) is 14.6. The molecule has 5 nitrogen and oxygen atoms in total. The molecular formula is C20H24O5. The van der Waals surface area contributed by atoms with E-state index >= 15 is 0 Å². The van der Waals surface area contributed by atoms with E-state index in [4.69, 9.17) is 14.6 Å². The van der Waals surface area contributed by atoms with Gasteiger partial charge in [0.15, 0.2) is 6.61 Å². The van der Waals surface area contributed by atoms with Crippen LogP contribution in [0.2, 0.25) is 0 Å². The number of rotatable bonds is 7. The fraction of sp³-hybridized carbons (Fsp3) is 0.300. The predicted octanol–water partition coefficient (Wildman–Crippen LogP) is 3.54. The van der Waals surface area contributed by atoms with Crippen LogP contribution in [0.5, 0.6) is 11.5 Å². The van der Waals surface area contributed by atoms with Gasteiger partial charge in [-0.05, 0) is 50.1 Å². The first kappa shape index (κ1) is 20.2. The molecule has 0 aliphatic carbocycles. The molecule has 0 bridgehead atoms. The number of aryl methyl sites for hydroxylation is 1. The Labute approximate surface area is 148 Å². The second kappa shape index (κ2) is 11.7. The average Bonchev–Trinajstić information content (AvgIpc) is 2.61. The summed E-state index contributed by atoms with van der Waals surface area (Å²) in [5.41, 5.74) is 1.09. The second-order valence-corrected chi connectivity index (χ2v) is 5.28. The number of aromatic hydroxyl groups is 1. The van der Waals surface area contributed by atoms with Gasteiger partial charge in [-0.1, -0.05) is 30.3 Å². The number of phenols is 1. The third-order valence-corrected chi connectivity index (χ3v) is 3.11. The summed E-state index contributed by atoms with van der Waals surface area (Å²) in [6.45, 7) is 3.70. The topological polar surface area (TPSA) is 72.8 Å². The Morgan fingerprint density at radius 2 is 1.64 bits per heavy atom. The molecule has 0 aromatic heterocycles. The Kier molecular flexibility index (Phi) is 9.45.